The predicted molar refractivity (Wildman–Crippen MR) is 85.0 cm³/mol. The van der Waals surface area contributed by atoms with Crippen LogP contribution in [-0.2, 0) is 0 Å². The Morgan fingerprint density at radius 2 is 2.21 bits per heavy atom. The highest BCUT2D eigenvalue weighted by molar-refractivity contribution is 7.98. The number of hydrogen-bond acceptors (Lipinski definition) is 5. The van der Waals surface area contributed by atoms with Crippen molar-refractivity contribution in [3.8, 4) is 0 Å². The molecule has 2 aromatic rings. The lowest BCUT2D eigenvalue weighted by molar-refractivity contribution is 0.0821. The van der Waals surface area contributed by atoms with Gasteiger partial charge in [0.2, 0.25) is 0 Å². The molecule has 0 aliphatic carbocycles. The zero-order chi connectivity index (χ0) is 13.9. The fourth-order valence-corrected chi connectivity index (χ4v) is 3.62. The van der Waals surface area contributed by atoms with Crippen LogP contribution < -0.4 is 5.32 Å². The number of thioether (sulfide) groups is 1. The zero-order valence-electron chi connectivity index (χ0n) is 11.5. The molecule has 1 aromatic heterocycles. The lowest BCUT2D eigenvalue weighted by atomic mass is 10.1. The van der Waals surface area contributed by atoms with E-state index < -0.39 is 5.60 Å². The van der Waals surface area contributed by atoms with Gasteiger partial charge in [-0.05, 0) is 32.2 Å². The average Bonchev–Trinajstić information content (AvgIpc) is 2.79. The van der Waals surface area contributed by atoms with Crippen LogP contribution in [0.5, 0.6) is 0 Å². The van der Waals surface area contributed by atoms with Crippen LogP contribution in [0.15, 0.2) is 24.3 Å². The summed E-state index contributed by atoms with van der Waals surface area (Å²) in [7, 11) is 0. The van der Waals surface area contributed by atoms with Crippen molar-refractivity contribution in [3.05, 3.63) is 29.3 Å². The number of rotatable bonds is 6. The summed E-state index contributed by atoms with van der Waals surface area (Å²) in [5.74, 6) is 0.729. The maximum Gasteiger partial charge on any atom is 0.111 e. The quantitative estimate of drug-likeness (QED) is 0.860. The van der Waals surface area contributed by atoms with Gasteiger partial charge in [0.25, 0.3) is 0 Å². The number of aliphatic hydroxyl groups is 1. The number of thiazole rings is 1. The van der Waals surface area contributed by atoms with Gasteiger partial charge in [-0.1, -0.05) is 12.1 Å². The zero-order valence-corrected chi connectivity index (χ0v) is 13.1. The number of nitrogens with zero attached hydrogens (tertiary/aromatic N) is 1. The minimum atomic E-state index is -0.676. The van der Waals surface area contributed by atoms with Crippen molar-refractivity contribution in [1.29, 1.82) is 0 Å². The first-order chi connectivity index (χ1) is 9.02. The second-order valence-electron chi connectivity index (χ2n) is 5.05. The van der Waals surface area contributed by atoms with E-state index in [-0.39, 0.29) is 6.04 Å². The molecule has 0 spiro atoms. The molecule has 0 saturated heterocycles. The summed E-state index contributed by atoms with van der Waals surface area (Å²) in [6.07, 6.45) is 2.01. The smallest absolute Gasteiger partial charge is 0.111 e. The molecule has 0 saturated carbocycles. The molecule has 1 aromatic carbocycles. The first kappa shape index (κ1) is 14.8. The van der Waals surface area contributed by atoms with Crippen LogP contribution in [0.4, 0.5) is 0 Å². The molecule has 0 fully saturated rings. The number of benzene rings is 1. The topological polar surface area (TPSA) is 45.1 Å². The molecule has 3 nitrogen and oxygen atoms in total. The largest absolute Gasteiger partial charge is 0.388 e. The van der Waals surface area contributed by atoms with Gasteiger partial charge in [-0.2, -0.15) is 11.8 Å². The molecule has 19 heavy (non-hydrogen) atoms. The Kier molecular flexibility index (Phi) is 4.84. The van der Waals surface area contributed by atoms with Crippen molar-refractivity contribution in [2.45, 2.75) is 25.5 Å². The fraction of sp³-hybridized carbons (Fsp3) is 0.500. The molecule has 2 rings (SSSR count). The van der Waals surface area contributed by atoms with E-state index in [1.165, 1.54) is 4.70 Å². The third kappa shape index (κ3) is 3.92. The number of para-hydroxylation sites is 1. The summed E-state index contributed by atoms with van der Waals surface area (Å²) in [5.41, 5.74) is 0.372. The lowest BCUT2D eigenvalue weighted by Crippen LogP contribution is -2.40. The van der Waals surface area contributed by atoms with E-state index in [0.717, 1.165) is 16.3 Å². The minimum absolute atomic E-state index is 0.158. The number of hydrogen-bond donors (Lipinski definition) is 2. The highest BCUT2D eigenvalue weighted by atomic mass is 32.2. The third-order valence-electron chi connectivity index (χ3n) is 2.93. The van der Waals surface area contributed by atoms with Crippen LogP contribution in [0.2, 0.25) is 0 Å². The number of aromatic nitrogens is 1. The maximum atomic E-state index is 10.1. The second kappa shape index (κ2) is 6.22. The van der Waals surface area contributed by atoms with Crippen LogP contribution in [-0.4, -0.2) is 34.2 Å². The van der Waals surface area contributed by atoms with Gasteiger partial charge in [0, 0.05) is 12.3 Å². The normalized spacial score (nSPS) is 16.4. The summed E-state index contributed by atoms with van der Waals surface area (Å²) in [4.78, 5) is 4.63. The van der Waals surface area contributed by atoms with E-state index in [2.05, 4.69) is 23.3 Å². The molecule has 0 aliphatic rings. The van der Waals surface area contributed by atoms with Gasteiger partial charge < -0.3 is 10.4 Å². The number of fused-ring (bicyclic) bond motifs is 1. The summed E-state index contributed by atoms with van der Waals surface area (Å²) in [5, 5.41) is 14.6. The van der Waals surface area contributed by atoms with Gasteiger partial charge in [0.05, 0.1) is 21.9 Å². The molecule has 0 bridgehead atoms. The van der Waals surface area contributed by atoms with Gasteiger partial charge in [-0.3, -0.25) is 0 Å². The van der Waals surface area contributed by atoms with E-state index in [1.807, 2.05) is 31.4 Å². The highest BCUT2D eigenvalue weighted by Gasteiger charge is 2.21. The van der Waals surface area contributed by atoms with Crippen LogP contribution in [0.25, 0.3) is 10.2 Å². The highest BCUT2D eigenvalue weighted by Crippen LogP contribution is 2.26. The Morgan fingerprint density at radius 3 is 2.89 bits per heavy atom. The van der Waals surface area contributed by atoms with Crippen molar-refractivity contribution in [1.82, 2.24) is 10.3 Å². The molecule has 2 unspecified atom stereocenters. The van der Waals surface area contributed by atoms with Crippen molar-refractivity contribution >= 4 is 33.3 Å². The standard InChI is InChI=1S/C14H20N2OS2/c1-10(15-8-14(2,17)9-18-3)13-16-11-6-4-5-7-12(11)19-13/h4-7,10,15,17H,8-9H2,1-3H3. The summed E-state index contributed by atoms with van der Waals surface area (Å²) >= 11 is 3.37. The average molecular weight is 296 g/mol. The Morgan fingerprint density at radius 1 is 1.47 bits per heavy atom. The molecular weight excluding hydrogens is 276 g/mol. The van der Waals surface area contributed by atoms with Gasteiger partial charge in [0.1, 0.15) is 5.01 Å². The van der Waals surface area contributed by atoms with Crippen molar-refractivity contribution in [3.63, 3.8) is 0 Å². The second-order valence-corrected chi connectivity index (χ2v) is 6.98. The number of nitrogens with one attached hydrogen (secondary N) is 1. The third-order valence-corrected chi connectivity index (χ3v) is 5.05. The van der Waals surface area contributed by atoms with Gasteiger partial charge in [-0.15, -0.1) is 11.3 Å². The molecule has 1 heterocycles. The summed E-state index contributed by atoms with van der Waals surface area (Å²) in [6.45, 7) is 4.53. The molecule has 0 radical (unpaired) electrons. The van der Waals surface area contributed by atoms with E-state index in [0.29, 0.717) is 6.54 Å². The monoisotopic (exact) mass is 296 g/mol. The Hall–Kier alpha value is -0.620. The van der Waals surface area contributed by atoms with Crippen LogP contribution in [0, 0.1) is 0 Å². The van der Waals surface area contributed by atoms with E-state index >= 15 is 0 Å². The van der Waals surface area contributed by atoms with E-state index in [4.69, 9.17) is 0 Å². The van der Waals surface area contributed by atoms with Gasteiger partial charge in [-0.25, -0.2) is 4.98 Å². The van der Waals surface area contributed by atoms with Gasteiger partial charge in [0.15, 0.2) is 0 Å². The van der Waals surface area contributed by atoms with Crippen LogP contribution >= 0.6 is 23.1 Å². The first-order valence-corrected chi connectivity index (χ1v) is 8.53. The Balaban J connectivity index is 2.01. The lowest BCUT2D eigenvalue weighted by Gasteiger charge is -2.24. The van der Waals surface area contributed by atoms with Crippen molar-refractivity contribution in [2.24, 2.45) is 0 Å². The van der Waals surface area contributed by atoms with Gasteiger partial charge >= 0.3 is 0 Å². The molecular formula is C14H20N2OS2. The summed E-state index contributed by atoms with van der Waals surface area (Å²) < 4.78 is 1.21. The fourth-order valence-electron chi connectivity index (χ4n) is 1.90. The molecule has 104 valence electrons. The van der Waals surface area contributed by atoms with Crippen molar-refractivity contribution in [2.75, 3.05) is 18.6 Å². The first-order valence-electron chi connectivity index (χ1n) is 6.32. The minimum Gasteiger partial charge on any atom is -0.388 e. The van der Waals surface area contributed by atoms with Crippen molar-refractivity contribution < 1.29 is 5.11 Å². The Labute approximate surface area is 122 Å². The maximum absolute atomic E-state index is 10.1. The molecule has 0 amide bonds. The van der Waals surface area contributed by atoms with Crippen LogP contribution in [0.1, 0.15) is 24.9 Å². The summed E-state index contributed by atoms with van der Waals surface area (Å²) in [6, 6.07) is 8.32. The molecule has 5 heteroatoms. The van der Waals surface area contributed by atoms with Crippen LogP contribution in [0.3, 0.4) is 0 Å². The van der Waals surface area contributed by atoms with E-state index in [1.54, 1.807) is 23.1 Å². The molecule has 0 aliphatic heterocycles. The molecule has 2 atom stereocenters. The predicted octanol–water partition coefficient (Wildman–Crippen LogP) is 3.06. The van der Waals surface area contributed by atoms with E-state index in [9.17, 15) is 5.11 Å². The SMILES string of the molecule is CSCC(C)(O)CNC(C)c1nc2ccccc2s1. The molecule has 2 N–H and O–H groups in total. The Bertz CT molecular complexity index is 506.